The summed E-state index contributed by atoms with van der Waals surface area (Å²) in [4.78, 5) is 7.48. The van der Waals surface area contributed by atoms with Crippen LogP contribution in [0, 0.1) is 11.5 Å². The molecule has 15 heavy (non-hydrogen) atoms. The minimum atomic E-state index is 0.263. The molecule has 0 aliphatic carbocycles. The van der Waals surface area contributed by atoms with Crippen molar-refractivity contribution in [1.29, 1.82) is 5.26 Å². The second-order valence-corrected chi connectivity index (χ2v) is 2.87. The Hall–Kier alpha value is -2.09. The summed E-state index contributed by atoms with van der Waals surface area (Å²) >= 11 is 0. The molecular formula is C10H12N4O. The fraction of sp³-hybridized carbons (Fsp3) is 0.300. The molecule has 5 heteroatoms. The summed E-state index contributed by atoms with van der Waals surface area (Å²) < 4.78 is 5.30. The average molecular weight is 204 g/mol. The molecule has 0 atom stereocenters. The number of nitriles is 1. The highest BCUT2D eigenvalue weighted by atomic mass is 16.5. The van der Waals surface area contributed by atoms with Gasteiger partial charge in [0.1, 0.15) is 0 Å². The topological polar surface area (TPSA) is 84.3 Å². The van der Waals surface area contributed by atoms with Crippen LogP contribution in [0.3, 0.4) is 0 Å². The molecule has 2 N–H and O–H groups in total. The number of aromatic nitrogens is 1. The Kier molecular flexibility index (Phi) is 4.10. The molecular weight excluding hydrogens is 192 g/mol. The van der Waals surface area contributed by atoms with Crippen LogP contribution < -0.4 is 5.73 Å². The number of nitrogens with two attached hydrogens (primary N) is 1. The van der Waals surface area contributed by atoms with Crippen LogP contribution in [0.2, 0.25) is 0 Å². The molecule has 1 heterocycles. The van der Waals surface area contributed by atoms with Crippen molar-refractivity contribution in [2.75, 3.05) is 12.3 Å². The Balaban J connectivity index is 2.90. The summed E-state index contributed by atoms with van der Waals surface area (Å²) in [6, 6.07) is 1.67. The highest BCUT2D eigenvalue weighted by Crippen LogP contribution is 2.06. The van der Waals surface area contributed by atoms with Gasteiger partial charge < -0.3 is 10.5 Å². The normalized spacial score (nSPS) is 10.8. The average Bonchev–Trinajstić information content (AvgIpc) is 2.24. The molecule has 0 spiro atoms. The summed E-state index contributed by atoms with van der Waals surface area (Å²) in [5, 5.41) is 8.50. The van der Waals surface area contributed by atoms with E-state index in [1.165, 1.54) is 6.20 Å². The van der Waals surface area contributed by atoms with Crippen molar-refractivity contribution in [3.63, 3.8) is 0 Å². The van der Waals surface area contributed by atoms with Crippen LogP contribution in [0.25, 0.3) is 0 Å². The molecule has 0 radical (unpaired) electrons. The number of ether oxygens (including phenoxy) is 1. The van der Waals surface area contributed by atoms with E-state index in [0.717, 1.165) is 6.42 Å². The predicted molar refractivity (Wildman–Crippen MR) is 57.0 cm³/mol. The molecule has 78 valence electrons. The highest BCUT2D eigenvalue weighted by Gasteiger charge is 2.05. The largest absolute Gasteiger partial charge is 0.477 e. The number of pyridine rings is 1. The molecule has 5 nitrogen and oxygen atoms in total. The van der Waals surface area contributed by atoms with Gasteiger partial charge in [0.2, 0.25) is 12.1 Å². The first-order valence-corrected chi connectivity index (χ1v) is 4.58. The van der Waals surface area contributed by atoms with Crippen LogP contribution >= 0.6 is 0 Å². The van der Waals surface area contributed by atoms with Crippen LogP contribution in [-0.2, 0) is 4.74 Å². The van der Waals surface area contributed by atoms with E-state index in [2.05, 4.69) is 9.98 Å². The third-order valence-electron chi connectivity index (χ3n) is 1.60. The van der Waals surface area contributed by atoms with Crippen LogP contribution in [-0.4, -0.2) is 17.5 Å². The fourth-order valence-electron chi connectivity index (χ4n) is 0.999. The number of nitrogens with zero attached hydrogens (tertiary/aromatic N) is 3. The first kappa shape index (κ1) is 11.0. The Bertz CT molecular complexity index is 395. The van der Waals surface area contributed by atoms with E-state index in [1.807, 2.05) is 6.92 Å². The van der Waals surface area contributed by atoms with Gasteiger partial charge in [-0.2, -0.15) is 5.26 Å². The van der Waals surface area contributed by atoms with E-state index in [9.17, 15) is 0 Å². The minimum Gasteiger partial charge on any atom is -0.477 e. The molecule has 0 saturated carbocycles. The van der Waals surface area contributed by atoms with Gasteiger partial charge >= 0.3 is 0 Å². The molecule has 0 aromatic carbocycles. The lowest BCUT2D eigenvalue weighted by molar-refractivity contribution is 0.306. The van der Waals surface area contributed by atoms with E-state index in [1.54, 1.807) is 18.5 Å². The minimum absolute atomic E-state index is 0.263. The van der Waals surface area contributed by atoms with Crippen LogP contribution in [0.15, 0.2) is 23.5 Å². The quantitative estimate of drug-likeness (QED) is 0.457. The van der Waals surface area contributed by atoms with Crippen LogP contribution in [0.1, 0.15) is 18.9 Å². The molecule has 0 aliphatic heterocycles. The molecule has 0 bridgehead atoms. The van der Waals surface area contributed by atoms with Gasteiger partial charge in [0.05, 0.1) is 17.9 Å². The maximum absolute atomic E-state index is 8.50. The second kappa shape index (κ2) is 5.60. The molecule has 1 rings (SSSR count). The smallest absolute Gasteiger partial charge is 0.233 e. The first-order valence-electron chi connectivity index (χ1n) is 4.58. The zero-order chi connectivity index (χ0) is 11.1. The Labute approximate surface area is 88.2 Å². The van der Waals surface area contributed by atoms with Crippen molar-refractivity contribution in [1.82, 2.24) is 4.98 Å². The molecule has 0 unspecified atom stereocenters. The lowest BCUT2D eigenvalue weighted by Gasteiger charge is -2.06. The van der Waals surface area contributed by atoms with E-state index in [4.69, 9.17) is 15.7 Å². The Morgan fingerprint density at radius 1 is 1.67 bits per heavy atom. The SMILES string of the molecule is CCCO/C(=N\C#N)c1cncc(N)c1. The van der Waals surface area contributed by atoms with E-state index < -0.39 is 0 Å². The third kappa shape index (κ3) is 3.27. The van der Waals surface area contributed by atoms with Gasteiger partial charge in [0.25, 0.3) is 0 Å². The lowest BCUT2D eigenvalue weighted by atomic mass is 10.2. The molecule has 0 aliphatic rings. The molecule has 1 aromatic rings. The standard InChI is InChI=1S/C10H12N4O/c1-2-3-15-10(14-7-11)8-4-9(12)6-13-5-8/h4-6H,2-3,12H2,1H3/b14-10-. The van der Waals surface area contributed by atoms with Crippen molar-refractivity contribution in [3.8, 4) is 6.19 Å². The van der Waals surface area contributed by atoms with Gasteiger partial charge in [-0.1, -0.05) is 6.92 Å². The highest BCUT2D eigenvalue weighted by molar-refractivity contribution is 5.95. The molecule has 1 aromatic heterocycles. The summed E-state index contributed by atoms with van der Waals surface area (Å²) in [5.41, 5.74) is 6.69. The first-order chi connectivity index (χ1) is 7.27. The fourth-order valence-corrected chi connectivity index (χ4v) is 0.999. The van der Waals surface area contributed by atoms with E-state index >= 15 is 0 Å². The van der Waals surface area contributed by atoms with Crippen LogP contribution in [0.4, 0.5) is 5.69 Å². The zero-order valence-corrected chi connectivity index (χ0v) is 8.47. The third-order valence-corrected chi connectivity index (χ3v) is 1.60. The summed E-state index contributed by atoms with van der Waals surface area (Å²) in [5.74, 6) is 0.263. The number of anilines is 1. The number of nitrogen functional groups attached to an aromatic ring is 1. The van der Waals surface area contributed by atoms with Gasteiger partial charge in [-0.05, 0) is 12.5 Å². The predicted octanol–water partition coefficient (Wildman–Crippen LogP) is 1.32. The Morgan fingerprint density at radius 2 is 2.47 bits per heavy atom. The molecule has 0 fully saturated rings. The molecule has 0 amide bonds. The van der Waals surface area contributed by atoms with Gasteiger partial charge in [-0.15, -0.1) is 4.99 Å². The van der Waals surface area contributed by atoms with Crippen molar-refractivity contribution < 1.29 is 4.74 Å². The zero-order valence-electron chi connectivity index (χ0n) is 8.47. The maximum Gasteiger partial charge on any atom is 0.233 e. The molecule has 0 saturated heterocycles. The lowest BCUT2D eigenvalue weighted by Crippen LogP contribution is -2.08. The number of aliphatic imine (C=N–C) groups is 1. The number of rotatable bonds is 3. The van der Waals surface area contributed by atoms with Gasteiger partial charge in [0, 0.05) is 12.4 Å². The van der Waals surface area contributed by atoms with Gasteiger partial charge in [-0.3, -0.25) is 4.98 Å². The van der Waals surface area contributed by atoms with Crippen molar-refractivity contribution in [2.24, 2.45) is 4.99 Å². The number of hydrogen-bond donors (Lipinski definition) is 1. The summed E-state index contributed by atoms with van der Waals surface area (Å²) in [6.45, 7) is 2.48. The van der Waals surface area contributed by atoms with Gasteiger partial charge in [-0.25, -0.2) is 0 Å². The Morgan fingerprint density at radius 3 is 3.07 bits per heavy atom. The van der Waals surface area contributed by atoms with E-state index in [0.29, 0.717) is 17.9 Å². The van der Waals surface area contributed by atoms with Crippen molar-refractivity contribution in [3.05, 3.63) is 24.0 Å². The number of hydrogen-bond acceptors (Lipinski definition) is 5. The summed E-state index contributed by atoms with van der Waals surface area (Å²) in [6.07, 6.45) is 5.62. The van der Waals surface area contributed by atoms with Gasteiger partial charge in [0.15, 0.2) is 0 Å². The summed E-state index contributed by atoms with van der Waals surface area (Å²) in [7, 11) is 0. The second-order valence-electron chi connectivity index (χ2n) is 2.87. The van der Waals surface area contributed by atoms with E-state index in [-0.39, 0.29) is 5.90 Å². The monoisotopic (exact) mass is 204 g/mol. The maximum atomic E-state index is 8.50. The van der Waals surface area contributed by atoms with Crippen LogP contribution in [0.5, 0.6) is 0 Å². The van der Waals surface area contributed by atoms with Crippen molar-refractivity contribution >= 4 is 11.6 Å². The van der Waals surface area contributed by atoms with Crippen molar-refractivity contribution in [2.45, 2.75) is 13.3 Å².